The molecule has 172 valence electrons. The molecule has 0 aromatic carbocycles. The molecule has 29 heavy (non-hydrogen) atoms. The summed E-state index contributed by atoms with van der Waals surface area (Å²) >= 11 is 1.48. The fourth-order valence-corrected chi connectivity index (χ4v) is 3.32. The van der Waals surface area contributed by atoms with Crippen LogP contribution in [-0.2, 0) is 19.1 Å². The lowest BCUT2D eigenvalue weighted by molar-refractivity contribution is -0.154. The van der Waals surface area contributed by atoms with Crippen LogP contribution in [0.2, 0.25) is 0 Å². The van der Waals surface area contributed by atoms with Gasteiger partial charge in [-0.2, -0.15) is 11.8 Å². The third kappa shape index (κ3) is 13.1. The van der Waals surface area contributed by atoms with Gasteiger partial charge in [0.1, 0.15) is 25.5 Å². The number of esters is 2. The topological polar surface area (TPSA) is 137 Å². The van der Waals surface area contributed by atoms with Crippen LogP contribution in [0, 0.1) is 11.8 Å². The molecule has 0 saturated carbocycles. The maximum absolute atomic E-state index is 11.7. The summed E-state index contributed by atoms with van der Waals surface area (Å²) in [6, 6.07) is 0. The number of hydrogen-bond donors (Lipinski definition) is 4. The van der Waals surface area contributed by atoms with Crippen LogP contribution in [0.4, 0.5) is 0 Å². The first kappa shape index (κ1) is 28.1. The molecule has 0 saturated heterocycles. The molecule has 9 nitrogen and oxygen atoms in total. The van der Waals surface area contributed by atoms with Crippen LogP contribution < -0.4 is 0 Å². The van der Waals surface area contributed by atoms with Crippen molar-refractivity contribution in [3.63, 3.8) is 0 Å². The predicted octanol–water partition coefficient (Wildman–Crippen LogP) is -0.156. The van der Waals surface area contributed by atoms with Crippen molar-refractivity contribution in [3.05, 3.63) is 0 Å². The maximum atomic E-state index is 11.7. The van der Waals surface area contributed by atoms with Gasteiger partial charge in [0.05, 0.1) is 25.6 Å². The van der Waals surface area contributed by atoms with E-state index in [1.165, 1.54) is 11.8 Å². The summed E-state index contributed by atoms with van der Waals surface area (Å²) in [7, 11) is 0. The van der Waals surface area contributed by atoms with Gasteiger partial charge in [-0.15, -0.1) is 0 Å². The van der Waals surface area contributed by atoms with Gasteiger partial charge in [-0.3, -0.25) is 14.5 Å². The first-order chi connectivity index (χ1) is 13.8. The molecule has 10 heteroatoms. The molecule has 4 N–H and O–H groups in total. The summed E-state index contributed by atoms with van der Waals surface area (Å²) in [4.78, 5) is 24.9. The van der Waals surface area contributed by atoms with E-state index in [0.717, 1.165) is 0 Å². The third-order valence-electron chi connectivity index (χ3n) is 4.36. The van der Waals surface area contributed by atoms with Crippen LogP contribution in [-0.4, -0.2) is 101 Å². The number of nitrogens with zero attached hydrogens (tertiary/aromatic N) is 1. The summed E-state index contributed by atoms with van der Waals surface area (Å²) < 4.78 is 9.92. The summed E-state index contributed by atoms with van der Waals surface area (Å²) in [6.45, 7) is 5.36. The Kier molecular flexibility index (Phi) is 16.3. The smallest absolute Gasteiger partial charge is 0.308 e. The highest BCUT2D eigenvalue weighted by molar-refractivity contribution is 7.99. The van der Waals surface area contributed by atoms with Crippen molar-refractivity contribution in [3.8, 4) is 0 Å². The van der Waals surface area contributed by atoms with Crippen molar-refractivity contribution >= 4 is 23.7 Å². The SMILES string of the molecule is CCC(C)C(=O)OCC(O)COC(=O)CCSCC(C)C(O)N(CCO)CCO. The zero-order chi connectivity index (χ0) is 22.2. The fraction of sp³-hybridized carbons (Fsp3) is 0.895. The number of rotatable bonds is 17. The molecule has 0 radical (unpaired) electrons. The maximum Gasteiger partial charge on any atom is 0.308 e. The molecule has 4 atom stereocenters. The van der Waals surface area contributed by atoms with E-state index in [2.05, 4.69) is 0 Å². The number of thioether (sulfide) groups is 1. The van der Waals surface area contributed by atoms with E-state index in [1.807, 2.05) is 13.8 Å². The summed E-state index contributed by atoms with van der Waals surface area (Å²) in [6.07, 6.45) is -1.04. The highest BCUT2D eigenvalue weighted by Crippen LogP contribution is 2.16. The Morgan fingerprint density at radius 1 is 1.03 bits per heavy atom. The van der Waals surface area contributed by atoms with E-state index in [4.69, 9.17) is 19.7 Å². The van der Waals surface area contributed by atoms with Gasteiger partial charge < -0.3 is 29.9 Å². The normalized spacial score (nSPS) is 15.6. The van der Waals surface area contributed by atoms with Gasteiger partial charge in [0.15, 0.2) is 0 Å². The van der Waals surface area contributed by atoms with E-state index in [1.54, 1.807) is 11.8 Å². The molecule has 0 aliphatic heterocycles. The molecule has 0 heterocycles. The second-order valence-electron chi connectivity index (χ2n) is 6.98. The number of ether oxygens (including phenoxy) is 2. The molecule has 4 unspecified atom stereocenters. The minimum atomic E-state index is -1.06. The second kappa shape index (κ2) is 16.8. The highest BCUT2D eigenvalue weighted by atomic mass is 32.2. The van der Waals surface area contributed by atoms with Crippen LogP contribution in [0.1, 0.15) is 33.6 Å². The largest absolute Gasteiger partial charge is 0.463 e. The van der Waals surface area contributed by atoms with E-state index < -0.39 is 18.3 Å². The molecular formula is C19H37NO8S. The Morgan fingerprint density at radius 3 is 2.17 bits per heavy atom. The second-order valence-corrected chi connectivity index (χ2v) is 8.12. The lowest BCUT2D eigenvalue weighted by Crippen LogP contribution is -2.43. The minimum absolute atomic E-state index is 0.106. The fourth-order valence-electron chi connectivity index (χ4n) is 2.30. The molecule has 0 aromatic rings. The lowest BCUT2D eigenvalue weighted by atomic mass is 10.1. The molecule has 0 rings (SSSR count). The average Bonchev–Trinajstić information content (AvgIpc) is 2.71. The van der Waals surface area contributed by atoms with Crippen molar-refractivity contribution in [2.24, 2.45) is 11.8 Å². The Labute approximate surface area is 177 Å². The molecule has 0 amide bonds. The van der Waals surface area contributed by atoms with Crippen LogP contribution in [0.3, 0.4) is 0 Å². The van der Waals surface area contributed by atoms with Crippen molar-refractivity contribution in [1.29, 1.82) is 0 Å². The molecule has 0 fully saturated rings. The first-order valence-corrected chi connectivity index (χ1v) is 11.1. The van der Waals surface area contributed by atoms with E-state index >= 15 is 0 Å². The zero-order valence-electron chi connectivity index (χ0n) is 17.7. The quantitative estimate of drug-likeness (QED) is 0.137. The van der Waals surface area contributed by atoms with Crippen LogP contribution >= 0.6 is 11.8 Å². The lowest BCUT2D eigenvalue weighted by Gasteiger charge is -2.30. The summed E-state index contributed by atoms with van der Waals surface area (Å²) in [5, 5.41) is 38.0. The zero-order valence-corrected chi connectivity index (χ0v) is 18.5. The Morgan fingerprint density at radius 2 is 1.62 bits per heavy atom. The number of aliphatic hydroxyl groups excluding tert-OH is 4. The number of aliphatic hydroxyl groups is 4. The molecule has 0 aromatic heterocycles. The number of carbonyl (C=O) groups excluding carboxylic acids is 2. The minimum Gasteiger partial charge on any atom is -0.463 e. The molecule has 0 bridgehead atoms. The summed E-state index contributed by atoms with van der Waals surface area (Å²) in [5.41, 5.74) is 0. The van der Waals surface area contributed by atoms with Gasteiger partial charge in [0.25, 0.3) is 0 Å². The predicted molar refractivity (Wildman–Crippen MR) is 110 cm³/mol. The number of carbonyl (C=O) groups is 2. The van der Waals surface area contributed by atoms with Crippen LogP contribution in [0.25, 0.3) is 0 Å². The van der Waals surface area contributed by atoms with Gasteiger partial charge in [0.2, 0.25) is 0 Å². The van der Waals surface area contributed by atoms with Crippen molar-refractivity contribution in [1.82, 2.24) is 4.90 Å². The van der Waals surface area contributed by atoms with Gasteiger partial charge in [0, 0.05) is 24.8 Å². The van der Waals surface area contributed by atoms with Gasteiger partial charge >= 0.3 is 11.9 Å². The monoisotopic (exact) mass is 439 g/mol. The van der Waals surface area contributed by atoms with E-state index in [0.29, 0.717) is 17.9 Å². The van der Waals surface area contributed by atoms with E-state index in [-0.39, 0.29) is 63.7 Å². The molecular weight excluding hydrogens is 402 g/mol. The van der Waals surface area contributed by atoms with Crippen molar-refractivity contribution in [2.45, 2.75) is 45.9 Å². The standard InChI is InChI=1S/C19H37NO8S/c1-4-14(2)19(26)28-12-16(23)11-27-17(24)5-10-29-13-15(3)18(25)20(6-8-21)7-9-22/h14-16,18,21-23,25H,4-13H2,1-3H3. The van der Waals surface area contributed by atoms with Crippen LogP contribution in [0.15, 0.2) is 0 Å². The van der Waals surface area contributed by atoms with Gasteiger partial charge in [-0.05, 0) is 12.2 Å². The van der Waals surface area contributed by atoms with Gasteiger partial charge in [-0.25, -0.2) is 0 Å². The van der Waals surface area contributed by atoms with Gasteiger partial charge in [-0.1, -0.05) is 20.8 Å². The third-order valence-corrected chi connectivity index (χ3v) is 5.61. The average molecular weight is 440 g/mol. The van der Waals surface area contributed by atoms with Crippen molar-refractivity contribution in [2.75, 3.05) is 51.0 Å². The Bertz CT molecular complexity index is 448. The first-order valence-electron chi connectivity index (χ1n) is 9.98. The molecule has 0 aliphatic rings. The Balaban J connectivity index is 3.96. The Hall–Kier alpha value is -0.910. The number of hydrogen-bond acceptors (Lipinski definition) is 10. The van der Waals surface area contributed by atoms with Crippen LogP contribution in [0.5, 0.6) is 0 Å². The molecule has 0 spiro atoms. The van der Waals surface area contributed by atoms with E-state index in [9.17, 15) is 19.8 Å². The highest BCUT2D eigenvalue weighted by Gasteiger charge is 2.21. The summed E-state index contributed by atoms with van der Waals surface area (Å²) in [5.74, 6) is -0.106. The molecule has 0 aliphatic carbocycles. The van der Waals surface area contributed by atoms with Crippen molar-refractivity contribution < 1.29 is 39.5 Å².